The Labute approximate surface area is 94.7 Å². The van der Waals surface area contributed by atoms with Crippen molar-refractivity contribution in [3.8, 4) is 0 Å². The van der Waals surface area contributed by atoms with Crippen molar-refractivity contribution in [2.24, 2.45) is 5.92 Å². The van der Waals surface area contributed by atoms with Crippen LogP contribution in [0.5, 0.6) is 0 Å². The van der Waals surface area contributed by atoms with E-state index in [4.69, 9.17) is 11.6 Å². The lowest BCUT2D eigenvalue weighted by atomic mass is 10.1. The molecule has 0 amide bonds. The summed E-state index contributed by atoms with van der Waals surface area (Å²) >= 11 is 5.82. The molecule has 0 radical (unpaired) electrons. The van der Waals surface area contributed by atoms with Gasteiger partial charge in [-0.3, -0.25) is 0 Å². The van der Waals surface area contributed by atoms with Crippen LogP contribution in [0.4, 0.5) is 5.82 Å². The van der Waals surface area contributed by atoms with E-state index in [-0.39, 0.29) is 0 Å². The van der Waals surface area contributed by atoms with E-state index in [9.17, 15) is 0 Å². The fourth-order valence-electron chi connectivity index (χ4n) is 1.88. The molecule has 1 aliphatic heterocycles. The molecule has 1 N–H and O–H groups in total. The van der Waals surface area contributed by atoms with Gasteiger partial charge in [-0.25, -0.2) is 9.97 Å². The molecule has 2 heterocycles. The number of rotatable bonds is 3. The van der Waals surface area contributed by atoms with Crippen LogP contribution in [0.1, 0.15) is 6.42 Å². The standard InChI is InChI=1S/C10H15ClN4/c1-15(6-8-2-3-12-5-8)10-4-9(11)13-7-14-10/h4,7-8,12H,2-3,5-6H2,1H3/t8-/m0/s1. The first-order valence-corrected chi connectivity index (χ1v) is 5.53. The van der Waals surface area contributed by atoms with Crippen molar-refractivity contribution in [2.45, 2.75) is 6.42 Å². The van der Waals surface area contributed by atoms with Gasteiger partial charge in [-0.1, -0.05) is 11.6 Å². The molecule has 1 atom stereocenters. The Bertz CT molecular complexity index is 325. The van der Waals surface area contributed by atoms with Crippen LogP contribution in [0.2, 0.25) is 5.15 Å². The van der Waals surface area contributed by atoms with Crippen LogP contribution in [0.25, 0.3) is 0 Å². The Morgan fingerprint density at radius 3 is 3.13 bits per heavy atom. The van der Waals surface area contributed by atoms with Crippen LogP contribution < -0.4 is 10.2 Å². The second-order valence-corrected chi connectivity index (χ2v) is 4.33. The minimum atomic E-state index is 0.497. The second-order valence-electron chi connectivity index (χ2n) is 3.94. The highest BCUT2D eigenvalue weighted by Gasteiger charge is 2.17. The maximum absolute atomic E-state index is 5.82. The van der Waals surface area contributed by atoms with Gasteiger partial charge < -0.3 is 10.2 Å². The summed E-state index contributed by atoms with van der Waals surface area (Å²) in [7, 11) is 2.04. The molecular weight excluding hydrogens is 212 g/mol. The van der Waals surface area contributed by atoms with E-state index in [1.807, 2.05) is 7.05 Å². The number of hydrogen-bond donors (Lipinski definition) is 1. The number of hydrogen-bond acceptors (Lipinski definition) is 4. The molecule has 0 aromatic carbocycles. The van der Waals surface area contributed by atoms with Crippen molar-refractivity contribution in [1.82, 2.24) is 15.3 Å². The Balaban J connectivity index is 1.97. The molecule has 0 bridgehead atoms. The molecule has 82 valence electrons. The van der Waals surface area contributed by atoms with Crippen molar-refractivity contribution in [3.63, 3.8) is 0 Å². The van der Waals surface area contributed by atoms with Crippen molar-refractivity contribution >= 4 is 17.4 Å². The molecule has 1 fully saturated rings. The topological polar surface area (TPSA) is 41.0 Å². The van der Waals surface area contributed by atoms with Gasteiger partial charge in [0, 0.05) is 19.7 Å². The third kappa shape index (κ3) is 2.79. The molecule has 15 heavy (non-hydrogen) atoms. The lowest BCUT2D eigenvalue weighted by Gasteiger charge is -2.21. The van der Waals surface area contributed by atoms with Gasteiger partial charge in [0.15, 0.2) is 0 Å². The van der Waals surface area contributed by atoms with E-state index >= 15 is 0 Å². The smallest absolute Gasteiger partial charge is 0.134 e. The maximum atomic E-state index is 5.82. The fraction of sp³-hybridized carbons (Fsp3) is 0.600. The first-order valence-electron chi connectivity index (χ1n) is 5.15. The van der Waals surface area contributed by atoms with Gasteiger partial charge in [0.1, 0.15) is 17.3 Å². The quantitative estimate of drug-likeness (QED) is 0.786. The number of aromatic nitrogens is 2. The molecule has 4 nitrogen and oxygen atoms in total. The summed E-state index contributed by atoms with van der Waals surface area (Å²) in [6.07, 6.45) is 2.74. The summed E-state index contributed by atoms with van der Waals surface area (Å²) < 4.78 is 0. The molecule has 0 aliphatic carbocycles. The van der Waals surface area contributed by atoms with Gasteiger partial charge in [-0.05, 0) is 25.4 Å². The summed E-state index contributed by atoms with van der Waals surface area (Å²) in [5.74, 6) is 1.60. The van der Waals surface area contributed by atoms with Crippen LogP contribution in [0, 0.1) is 5.92 Å². The van der Waals surface area contributed by atoms with Crippen LogP contribution >= 0.6 is 11.6 Å². The first kappa shape index (κ1) is 10.6. The minimum absolute atomic E-state index is 0.497. The average Bonchev–Trinajstić information content (AvgIpc) is 2.70. The van der Waals surface area contributed by atoms with Gasteiger partial charge in [0.25, 0.3) is 0 Å². The molecule has 1 aliphatic rings. The summed E-state index contributed by atoms with van der Waals surface area (Å²) in [5.41, 5.74) is 0. The molecular formula is C10H15ClN4. The highest BCUT2D eigenvalue weighted by Crippen LogP contribution is 2.16. The molecule has 0 spiro atoms. The minimum Gasteiger partial charge on any atom is -0.359 e. The van der Waals surface area contributed by atoms with Crippen molar-refractivity contribution < 1.29 is 0 Å². The third-order valence-corrected chi connectivity index (χ3v) is 2.91. The highest BCUT2D eigenvalue weighted by atomic mass is 35.5. The predicted octanol–water partition coefficient (Wildman–Crippen LogP) is 1.18. The average molecular weight is 227 g/mol. The van der Waals surface area contributed by atoms with Crippen LogP contribution in [-0.4, -0.2) is 36.6 Å². The van der Waals surface area contributed by atoms with Crippen LogP contribution in [0.15, 0.2) is 12.4 Å². The maximum Gasteiger partial charge on any atom is 0.134 e. The van der Waals surface area contributed by atoms with Gasteiger partial charge in [-0.15, -0.1) is 0 Å². The van der Waals surface area contributed by atoms with Crippen molar-refractivity contribution in [3.05, 3.63) is 17.5 Å². The van der Waals surface area contributed by atoms with Gasteiger partial charge >= 0.3 is 0 Å². The monoisotopic (exact) mass is 226 g/mol. The third-order valence-electron chi connectivity index (χ3n) is 2.70. The number of anilines is 1. The molecule has 0 unspecified atom stereocenters. The van der Waals surface area contributed by atoms with Crippen molar-refractivity contribution in [2.75, 3.05) is 31.6 Å². The number of nitrogens with one attached hydrogen (secondary N) is 1. The van der Waals surface area contributed by atoms with Gasteiger partial charge in [-0.2, -0.15) is 0 Å². The fourth-order valence-corrected chi connectivity index (χ4v) is 2.03. The Morgan fingerprint density at radius 1 is 1.60 bits per heavy atom. The summed E-state index contributed by atoms with van der Waals surface area (Å²) in [6, 6.07) is 1.80. The van der Waals surface area contributed by atoms with E-state index in [1.165, 1.54) is 12.7 Å². The Kier molecular flexibility index (Phi) is 3.38. The highest BCUT2D eigenvalue weighted by molar-refractivity contribution is 6.29. The molecule has 1 aromatic heterocycles. The zero-order valence-corrected chi connectivity index (χ0v) is 9.54. The molecule has 5 heteroatoms. The first-order chi connectivity index (χ1) is 7.25. The summed E-state index contributed by atoms with van der Waals surface area (Å²) in [4.78, 5) is 10.2. The predicted molar refractivity (Wildman–Crippen MR) is 61.3 cm³/mol. The Hall–Kier alpha value is -0.870. The van der Waals surface area contributed by atoms with E-state index in [2.05, 4.69) is 20.2 Å². The lowest BCUT2D eigenvalue weighted by Crippen LogP contribution is -2.27. The van der Waals surface area contributed by atoms with Gasteiger partial charge in [0.05, 0.1) is 0 Å². The molecule has 1 aromatic rings. The zero-order valence-electron chi connectivity index (χ0n) is 8.78. The summed E-state index contributed by atoms with van der Waals surface area (Å²) in [6.45, 7) is 3.24. The SMILES string of the molecule is CN(C[C@H]1CCNC1)c1cc(Cl)ncn1. The van der Waals surface area contributed by atoms with Crippen molar-refractivity contribution in [1.29, 1.82) is 0 Å². The normalized spacial score (nSPS) is 20.5. The van der Waals surface area contributed by atoms with Gasteiger partial charge in [0.2, 0.25) is 0 Å². The van der Waals surface area contributed by atoms with E-state index in [1.54, 1.807) is 6.07 Å². The molecule has 1 saturated heterocycles. The zero-order chi connectivity index (χ0) is 10.7. The van der Waals surface area contributed by atoms with Crippen LogP contribution in [-0.2, 0) is 0 Å². The lowest BCUT2D eigenvalue weighted by molar-refractivity contribution is 0.575. The molecule has 2 rings (SSSR count). The Morgan fingerprint density at radius 2 is 2.47 bits per heavy atom. The summed E-state index contributed by atoms with van der Waals surface area (Å²) in [5, 5.41) is 3.85. The number of nitrogens with zero attached hydrogens (tertiary/aromatic N) is 3. The second kappa shape index (κ2) is 4.77. The van der Waals surface area contributed by atoms with Crippen LogP contribution in [0.3, 0.4) is 0 Å². The van der Waals surface area contributed by atoms with E-state index in [0.29, 0.717) is 11.1 Å². The number of halogens is 1. The van der Waals surface area contributed by atoms with E-state index in [0.717, 1.165) is 25.5 Å². The largest absolute Gasteiger partial charge is 0.359 e. The molecule has 0 saturated carbocycles. The van der Waals surface area contributed by atoms with E-state index < -0.39 is 0 Å².